The molecule has 3 heterocycles. The van der Waals surface area contributed by atoms with Gasteiger partial charge in [-0.3, -0.25) is 4.68 Å². The summed E-state index contributed by atoms with van der Waals surface area (Å²) in [5.74, 6) is 1.13. The highest BCUT2D eigenvalue weighted by atomic mass is 16.2. The van der Waals surface area contributed by atoms with Crippen LogP contribution in [-0.4, -0.2) is 37.2 Å². The van der Waals surface area contributed by atoms with Crippen molar-refractivity contribution in [3.05, 3.63) is 35.7 Å². The molecule has 1 atom stereocenters. The van der Waals surface area contributed by atoms with Crippen LogP contribution in [0.5, 0.6) is 0 Å². The molecule has 7 heteroatoms. The number of rotatable bonds is 3. The molecule has 0 spiro atoms. The summed E-state index contributed by atoms with van der Waals surface area (Å²) in [7, 11) is 1.95. The molecule has 1 aliphatic heterocycles. The molecule has 2 aromatic heterocycles. The Balaban J connectivity index is 1.66. The van der Waals surface area contributed by atoms with Crippen molar-refractivity contribution in [2.24, 2.45) is 7.05 Å². The fourth-order valence-electron chi connectivity index (χ4n) is 2.90. The molecule has 0 saturated heterocycles. The summed E-state index contributed by atoms with van der Waals surface area (Å²) in [4.78, 5) is 23.1. The van der Waals surface area contributed by atoms with E-state index in [1.807, 2.05) is 22.8 Å². The van der Waals surface area contributed by atoms with Crippen LogP contribution in [-0.2, 0) is 20.0 Å². The van der Waals surface area contributed by atoms with Gasteiger partial charge in [-0.25, -0.2) is 14.8 Å². The van der Waals surface area contributed by atoms with E-state index >= 15 is 0 Å². The van der Waals surface area contributed by atoms with E-state index < -0.39 is 0 Å². The minimum absolute atomic E-state index is 0.119. The van der Waals surface area contributed by atoms with E-state index in [0.29, 0.717) is 18.2 Å². The highest BCUT2D eigenvalue weighted by Gasteiger charge is 2.21. The molecule has 1 N–H and O–H groups in total. The molecule has 0 saturated carbocycles. The lowest BCUT2D eigenvalue weighted by Crippen LogP contribution is -2.34. The smallest absolute Gasteiger partial charge is 0.320 e. The Morgan fingerprint density at radius 2 is 2.08 bits per heavy atom. The molecule has 7 nitrogen and oxygen atoms in total. The molecule has 0 bridgehead atoms. The minimum Gasteiger partial charge on any atom is -0.320 e. The summed E-state index contributed by atoms with van der Waals surface area (Å²) in [6.07, 6.45) is 8.09. The lowest BCUT2D eigenvalue weighted by Gasteiger charge is -2.20. The van der Waals surface area contributed by atoms with Crippen LogP contribution in [0.1, 0.15) is 49.7 Å². The van der Waals surface area contributed by atoms with Crippen molar-refractivity contribution >= 4 is 11.7 Å². The third kappa shape index (κ3) is 3.39. The second kappa shape index (κ2) is 6.98. The van der Waals surface area contributed by atoms with Gasteiger partial charge < -0.3 is 10.2 Å². The number of carbonyl (C=O) groups excluding carboxylic acids is 1. The predicted octanol–water partition coefficient (Wildman–Crippen LogP) is 2.70. The number of nitrogens with zero attached hydrogens (tertiary/aromatic N) is 5. The molecule has 24 heavy (non-hydrogen) atoms. The maximum absolute atomic E-state index is 12.5. The first-order valence-corrected chi connectivity index (χ1v) is 8.46. The second-order valence-electron chi connectivity index (χ2n) is 6.33. The first-order valence-electron chi connectivity index (χ1n) is 8.46. The molecule has 0 aliphatic carbocycles. The molecule has 2 aromatic rings. The molecule has 0 fully saturated rings. The van der Waals surface area contributed by atoms with Crippen LogP contribution in [0.2, 0.25) is 0 Å². The molecular weight excluding hydrogens is 304 g/mol. The maximum Gasteiger partial charge on any atom is 0.322 e. The number of urea groups is 1. The Hall–Kier alpha value is -2.44. The fourth-order valence-corrected chi connectivity index (χ4v) is 2.90. The second-order valence-corrected chi connectivity index (χ2v) is 6.33. The summed E-state index contributed by atoms with van der Waals surface area (Å²) in [6.45, 7) is 5.51. The van der Waals surface area contributed by atoms with Gasteiger partial charge in [0.05, 0.1) is 30.8 Å². The van der Waals surface area contributed by atoms with Crippen LogP contribution in [0, 0.1) is 0 Å². The predicted molar refractivity (Wildman–Crippen MR) is 91.7 cm³/mol. The first kappa shape index (κ1) is 16.4. The van der Waals surface area contributed by atoms with E-state index in [1.165, 1.54) is 5.69 Å². The van der Waals surface area contributed by atoms with Crippen LogP contribution in [0.15, 0.2) is 18.6 Å². The van der Waals surface area contributed by atoms with Crippen LogP contribution >= 0.6 is 0 Å². The van der Waals surface area contributed by atoms with Gasteiger partial charge in [-0.15, -0.1) is 0 Å². The SMILES string of the molecule is CC[C@@H](C)c1ncc(NC(=O)N2CCCc3c(cnn3C)C2)cn1. The van der Waals surface area contributed by atoms with Gasteiger partial charge in [0.2, 0.25) is 0 Å². The van der Waals surface area contributed by atoms with Crippen LogP contribution in [0.4, 0.5) is 10.5 Å². The summed E-state index contributed by atoms with van der Waals surface area (Å²) >= 11 is 0. The van der Waals surface area contributed by atoms with E-state index in [1.54, 1.807) is 12.4 Å². The molecule has 0 unspecified atom stereocenters. The monoisotopic (exact) mass is 328 g/mol. The molecule has 3 rings (SSSR count). The van der Waals surface area contributed by atoms with Gasteiger partial charge in [0, 0.05) is 30.8 Å². The normalized spacial score (nSPS) is 15.5. The van der Waals surface area contributed by atoms with Crippen molar-refractivity contribution < 1.29 is 4.79 Å². The number of amides is 2. The Morgan fingerprint density at radius 1 is 1.33 bits per heavy atom. The van der Waals surface area contributed by atoms with Gasteiger partial charge in [0.15, 0.2) is 0 Å². The standard InChI is InChI=1S/C17H24N6O/c1-4-12(2)16-18-9-14(10-19-16)21-17(24)23-7-5-6-15-13(11-23)8-20-22(15)3/h8-10,12H,4-7,11H2,1-3H3,(H,21,24)/t12-/m1/s1. The Labute approximate surface area is 142 Å². The van der Waals surface area contributed by atoms with E-state index in [-0.39, 0.29) is 6.03 Å². The first-order chi connectivity index (χ1) is 11.6. The number of anilines is 1. The Morgan fingerprint density at radius 3 is 2.79 bits per heavy atom. The maximum atomic E-state index is 12.5. The third-order valence-electron chi connectivity index (χ3n) is 4.61. The number of aryl methyl sites for hydroxylation is 1. The highest BCUT2D eigenvalue weighted by molar-refractivity contribution is 5.89. The third-order valence-corrected chi connectivity index (χ3v) is 4.61. The zero-order valence-corrected chi connectivity index (χ0v) is 14.5. The molecule has 128 valence electrons. The number of hydrogen-bond acceptors (Lipinski definition) is 4. The van der Waals surface area contributed by atoms with Gasteiger partial charge in [-0.1, -0.05) is 13.8 Å². The van der Waals surface area contributed by atoms with E-state index in [9.17, 15) is 4.79 Å². The fraction of sp³-hybridized carbons (Fsp3) is 0.529. The Kier molecular flexibility index (Phi) is 4.78. The van der Waals surface area contributed by atoms with Crippen LogP contribution in [0.25, 0.3) is 0 Å². The number of aromatic nitrogens is 4. The summed E-state index contributed by atoms with van der Waals surface area (Å²) in [5, 5.41) is 7.19. The largest absolute Gasteiger partial charge is 0.322 e. The average molecular weight is 328 g/mol. The number of hydrogen-bond donors (Lipinski definition) is 1. The van der Waals surface area contributed by atoms with Crippen molar-refractivity contribution in [2.45, 2.75) is 45.6 Å². The van der Waals surface area contributed by atoms with E-state index in [0.717, 1.165) is 37.2 Å². The van der Waals surface area contributed by atoms with E-state index in [2.05, 4.69) is 34.2 Å². The average Bonchev–Trinajstić information content (AvgIpc) is 2.82. The molecule has 0 aromatic carbocycles. The number of fused-ring (bicyclic) bond motifs is 1. The summed E-state index contributed by atoms with van der Waals surface area (Å²) in [5.41, 5.74) is 2.96. The van der Waals surface area contributed by atoms with Gasteiger partial charge in [-0.05, 0) is 19.3 Å². The van der Waals surface area contributed by atoms with Gasteiger partial charge >= 0.3 is 6.03 Å². The quantitative estimate of drug-likeness (QED) is 0.940. The van der Waals surface area contributed by atoms with E-state index in [4.69, 9.17) is 0 Å². The molecule has 2 amide bonds. The van der Waals surface area contributed by atoms with Gasteiger partial charge in [0.25, 0.3) is 0 Å². The molecular formula is C17H24N6O. The van der Waals surface area contributed by atoms with Crippen molar-refractivity contribution in [3.8, 4) is 0 Å². The highest BCUT2D eigenvalue weighted by Crippen LogP contribution is 2.19. The lowest BCUT2D eigenvalue weighted by atomic mass is 10.1. The number of nitrogens with one attached hydrogen (secondary N) is 1. The zero-order chi connectivity index (χ0) is 17.1. The van der Waals surface area contributed by atoms with Crippen molar-refractivity contribution in [2.75, 3.05) is 11.9 Å². The summed E-state index contributed by atoms with van der Waals surface area (Å²) < 4.78 is 1.90. The summed E-state index contributed by atoms with van der Waals surface area (Å²) in [6, 6.07) is -0.119. The van der Waals surface area contributed by atoms with Crippen molar-refractivity contribution in [3.63, 3.8) is 0 Å². The lowest BCUT2D eigenvalue weighted by molar-refractivity contribution is 0.210. The van der Waals surface area contributed by atoms with Crippen LogP contribution < -0.4 is 5.32 Å². The van der Waals surface area contributed by atoms with Gasteiger partial charge in [0.1, 0.15) is 5.82 Å². The Bertz CT molecular complexity index is 708. The van der Waals surface area contributed by atoms with Crippen molar-refractivity contribution in [1.29, 1.82) is 0 Å². The molecule has 0 radical (unpaired) electrons. The molecule has 1 aliphatic rings. The zero-order valence-electron chi connectivity index (χ0n) is 14.5. The van der Waals surface area contributed by atoms with Gasteiger partial charge in [-0.2, -0.15) is 5.10 Å². The number of carbonyl (C=O) groups is 1. The minimum atomic E-state index is -0.119. The van der Waals surface area contributed by atoms with Crippen molar-refractivity contribution in [1.82, 2.24) is 24.6 Å². The topological polar surface area (TPSA) is 75.9 Å². The van der Waals surface area contributed by atoms with Crippen LogP contribution in [0.3, 0.4) is 0 Å².